The van der Waals surface area contributed by atoms with Crippen molar-refractivity contribution in [3.05, 3.63) is 47.7 Å². The quantitative estimate of drug-likeness (QED) is 0.567. The Hall–Kier alpha value is -2.69. The van der Waals surface area contributed by atoms with Crippen molar-refractivity contribution in [3.63, 3.8) is 0 Å². The topological polar surface area (TPSA) is 72.3 Å². The largest absolute Gasteiger partial charge is 0.508 e. The van der Waals surface area contributed by atoms with Gasteiger partial charge >= 0.3 is 5.97 Å². The average Bonchev–Trinajstić information content (AvgIpc) is 2.72. The van der Waals surface area contributed by atoms with Gasteiger partial charge in [-0.05, 0) is 111 Å². The zero-order chi connectivity index (χ0) is 20.7. The standard InChI is InChI=1S/C25H28N2O3/c1-2-30-24(29)8-4-19-3-7-23(27-26-19)21-6-5-20(28)12-22(21)25-13-16-9-17(14-25)11-18(10-16)15-25/h3-8,12,16-18,28H,2,9-11,13-15H2,1H3/b8-4+. The van der Waals surface area contributed by atoms with E-state index in [1.807, 2.05) is 24.3 Å². The number of aromatic nitrogens is 2. The Morgan fingerprint density at radius 3 is 2.40 bits per heavy atom. The van der Waals surface area contributed by atoms with E-state index in [4.69, 9.17) is 4.74 Å². The predicted molar refractivity (Wildman–Crippen MR) is 115 cm³/mol. The van der Waals surface area contributed by atoms with Crippen LogP contribution in [0.1, 0.15) is 56.7 Å². The summed E-state index contributed by atoms with van der Waals surface area (Å²) in [6.07, 6.45) is 10.8. The highest BCUT2D eigenvalue weighted by molar-refractivity contribution is 5.86. The van der Waals surface area contributed by atoms with Crippen LogP contribution in [-0.4, -0.2) is 27.9 Å². The molecule has 4 saturated carbocycles. The van der Waals surface area contributed by atoms with E-state index in [-0.39, 0.29) is 11.4 Å². The van der Waals surface area contributed by atoms with Crippen LogP contribution in [0.15, 0.2) is 36.4 Å². The molecule has 5 nitrogen and oxygen atoms in total. The van der Waals surface area contributed by atoms with Crippen LogP contribution in [0.5, 0.6) is 5.75 Å². The van der Waals surface area contributed by atoms with Crippen molar-refractivity contribution < 1.29 is 14.6 Å². The molecule has 0 spiro atoms. The van der Waals surface area contributed by atoms with Gasteiger partial charge in [-0.3, -0.25) is 0 Å². The van der Waals surface area contributed by atoms with Crippen LogP contribution in [0.4, 0.5) is 0 Å². The molecule has 6 rings (SSSR count). The van der Waals surface area contributed by atoms with Crippen LogP contribution >= 0.6 is 0 Å². The number of phenols is 1. The fourth-order valence-electron chi connectivity index (χ4n) is 6.55. The summed E-state index contributed by atoms with van der Waals surface area (Å²) >= 11 is 0. The molecule has 156 valence electrons. The second kappa shape index (κ2) is 7.53. The van der Waals surface area contributed by atoms with Crippen molar-refractivity contribution in [2.45, 2.75) is 50.9 Å². The van der Waals surface area contributed by atoms with Crippen LogP contribution < -0.4 is 0 Å². The first-order valence-corrected chi connectivity index (χ1v) is 11.1. The number of rotatable bonds is 5. The zero-order valence-electron chi connectivity index (χ0n) is 17.4. The Labute approximate surface area is 177 Å². The Kier molecular flexibility index (Phi) is 4.84. The molecule has 1 heterocycles. The number of hydrogen-bond acceptors (Lipinski definition) is 5. The molecule has 5 heteroatoms. The van der Waals surface area contributed by atoms with E-state index < -0.39 is 0 Å². The smallest absolute Gasteiger partial charge is 0.330 e. The molecule has 0 saturated heterocycles. The molecule has 30 heavy (non-hydrogen) atoms. The molecule has 1 aromatic heterocycles. The van der Waals surface area contributed by atoms with Crippen molar-refractivity contribution in [1.82, 2.24) is 10.2 Å². The van der Waals surface area contributed by atoms with Crippen LogP contribution in [0.25, 0.3) is 17.3 Å². The van der Waals surface area contributed by atoms with Crippen LogP contribution in [-0.2, 0) is 14.9 Å². The van der Waals surface area contributed by atoms with Gasteiger partial charge in [-0.2, -0.15) is 5.10 Å². The highest BCUT2D eigenvalue weighted by Gasteiger charge is 2.52. The molecule has 1 N–H and O–H groups in total. The molecule has 0 unspecified atom stereocenters. The number of benzene rings is 1. The lowest BCUT2D eigenvalue weighted by Gasteiger charge is -2.57. The van der Waals surface area contributed by atoms with Gasteiger partial charge in [0.2, 0.25) is 0 Å². The third-order valence-electron chi connectivity index (χ3n) is 7.25. The van der Waals surface area contributed by atoms with Gasteiger partial charge in [0.1, 0.15) is 5.75 Å². The summed E-state index contributed by atoms with van der Waals surface area (Å²) in [6, 6.07) is 9.53. The molecule has 4 fully saturated rings. The number of carbonyl (C=O) groups is 1. The van der Waals surface area contributed by atoms with Crippen molar-refractivity contribution in [3.8, 4) is 17.0 Å². The van der Waals surface area contributed by atoms with Gasteiger partial charge in [0.15, 0.2) is 0 Å². The Balaban J connectivity index is 1.47. The second-order valence-corrected chi connectivity index (χ2v) is 9.36. The molecular formula is C25H28N2O3. The monoisotopic (exact) mass is 404 g/mol. The van der Waals surface area contributed by atoms with Gasteiger partial charge in [0.05, 0.1) is 18.0 Å². The van der Waals surface area contributed by atoms with Gasteiger partial charge in [0, 0.05) is 11.6 Å². The fraction of sp³-hybridized carbons (Fsp3) is 0.480. The molecule has 0 amide bonds. The molecule has 2 aromatic rings. The lowest BCUT2D eigenvalue weighted by molar-refractivity contribution is -0.137. The maximum Gasteiger partial charge on any atom is 0.330 e. The third-order valence-corrected chi connectivity index (χ3v) is 7.25. The number of carbonyl (C=O) groups excluding carboxylic acids is 1. The van der Waals surface area contributed by atoms with E-state index in [0.717, 1.165) is 29.0 Å². The summed E-state index contributed by atoms with van der Waals surface area (Å²) in [5.74, 6) is 2.42. The molecule has 1 aromatic carbocycles. The van der Waals surface area contributed by atoms with E-state index in [0.29, 0.717) is 18.1 Å². The number of phenolic OH excluding ortho intramolecular Hbond substituents is 1. The highest BCUT2D eigenvalue weighted by Crippen LogP contribution is 2.61. The van der Waals surface area contributed by atoms with E-state index in [1.165, 1.54) is 50.2 Å². The minimum atomic E-state index is -0.383. The fourth-order valence-corrected chi connectivity index (χ4v) is 6.55. The molecule has 0 radical (unpaired) electrons. The second-order valence-electron chi connectivity index (χ2n) is 9.36. The summed E-state index contributed by atoms with van der Waals surface area (Å²) in [5, 5.41) is 19.1. The van der Waals surface area contributed by atoms with E-state index >= 15 is 0 Å². The summed E-state index contributed by atoms with van der Waals surface area (Å²) in [4.78, 5) is 11.5. The summed E-state index contributed by atoms with van der Waals surface area (Å²) in [7, 11) is 0. The van der Waals surface area contributed by atoms with Crippen molar-refractivity contribution in [2.24, 2.45) is 17.8 Å². The maximum absolute atomic E-state index is 11.5. The molecule has 0 aliphatic heterocycles. The summed E-state index contributed by atoms with van der Waals surface area (Å²) in [6.45, 7) is 2.13. The Morgan fingerprint density at radius 2 is 1.80 bits per heavy atom. The van der Waals surface area contributed by atoms with Crippen LogP contribution in [0, 0.1) is 17.8 Å². The van der Waals surface area contributed by atoms with Gasteiger partial charge in [-0.25, -0.2) is 4.79 Å². The zero-order valence-corrected chi connectivity index (χ0v) is 17.4. The molecule has 4 aliphatic rings. The first kappa shape index (κ1) is 19.3. The van der Waals surface area contributed by atoms with Gasteiger partial charge in [0.25, 0.3) is 0 Å². The van der Waals surface area contributed by atoms with Crippen LogP contribution in [0.3, 0.4) is 0 Å². The average molecular weight is 405 g/mol. The van der Waals surface area contributed by atoms with Crippen molar-refractivity contribution in [2.75, 3.05) is 6.61 Å². The number of esters is 1. The van der Waals surface area contributed by atoms with E-state index in [2.05, 4.69) is 10.2 Å². The first-order chi connectivity index (χ1) is 14.5. The van der Waals surface area contributed by atoms with Gasteiger partial charge in [-0.1, -0.05) is 0 Å². The Morgan fingerprint density at radius 1 is 1.10 bits per heavy atom. The highest BCUT2D eigenvalue weighted by atomic mass is 16.5. The summed E-state index contributed by atoms with van der Waals surface area (Å²) in [5.41, 5.74) is 3.90. The maximum atomic E-state index is 11.5. The van der Waals surface area contributed by atoms with Crippen LogP contribution in [0.2, 0.25) is 0 Å². The first-order valence-electron chi connectivity index (χ1n) is 11.1. The molecule has 4 aliphatic carbocycles. The van der Waals surface area contributed by atoms with Gasteiger partial charge in [-0.15, -0.1) is 5.10 Å². The van der Waals surface area contributed by atoms with E-state index in [9.17, 15) is 9.90 Å². The molecular weight excluding hydrogens is 376 g/mol. The van der Waals surface area contributed by atoms with Crippen molar-refractivity contribution >= 4 is 12.0 Å². The normalized spacial score (nSPS) is 29.4. The number of ether oxygens (including phenoxy) is 1. The van der Waals surface area contributed by atoms with E-state index in [1.54, 1.807) is 19.1 Å². The minimum absolute atomic E-state index is 0.160. The SMILES string of the molecule is CCOC(=O)/C=C/c1ccc(-c2ccc(O)cc2C23CC4CC(CC(C4)C2)C3)nn1. The van der Waals surface area contributed by atoms with Crippen molar-refractivity contribution in [1.29, 1.82) is 0 Å². The number of hydrogen-bond donors (Lipinski definition) is 1. The number of aromatic hydroxyl groups is 1. The predicted octanol–water partition coefficient (Wildman–Crippen LogP) is 4.89. The lowest BCUT2D eigenvalue weighted by Crippen LogP contribution is -2.48. The van der Waals surface area contributed by atoms with Gasteiger partial charge < -0.3 is 9.84 Å². The summed E-state index contributed by atoms with van der Waals surface area (Å²) < 4.78 is 4.90. The third kappa shape index (κ3) is 3.51. The number of nitrogens with zero attached hydrogens (tertiary/aromatic N) is 2. The lowest BCUT2D eigenvalue weighted by atomic mass is 9.47. The molecule has 0 atom stereocenters. The molecule has 4 bridgehead atoms. The minimum Gasteiger partial charge on any atom is -0.508 e. The Bertz CT molecular complexity index is 945.